The molecule has 1 N–H and O–H groups in total. The normalized spacial score (nSPS) is 17.1. The van der Waals surface area contributed by atoms with Crippen LogP contribution in [0.1, 0.15) is 24.2 Å². The van der Waals surface area contributed by atoms with Crippen LogP contribution >= 0.6 is 0 Å². The number of aromatic nitrogens is 1. The lowest BCUT2D eigenvalue weighted by atomic mass is 10.1. The molecular formula is C13H18N2O2. The van der Waals surface area contributed by atoms with E-state index in [-0.39, 0.29) is 6.04 Å². The largest absolute Gasteiger partial charge is 0.480 e. The van der Waals surface area contributed by atoms with Gasteiger partial charge in [0.15, 0.2) is 0 Å². The van der Waals surface area contributed by atoms with Gasteiger partial charge in [-0.2, -0.15) is 0 Å². The minimum Gasteiger partial charge on any atom is -0.480 e. The molecule has 0 saturated heterocycles. The van der Waals surface area contributed by atoms with Gasteiger partial charge >= 0.3 is 5.97 Å². The monoisotopic (exact) mass is 234 g/mol. The molecule has 0 amide bonds. The van der Waals surface area contributed by atoms with Crippen molar-refractivity contribution in [1.82, 2.24) is 9.88 Å². The van der Waals surface area contributed by atoms with E-state index in [0.29, 0.717) is 12.5 Å². The highest BCUT2D eigenvalue weighted by molar-refractivity contribution is 5.74. The Bertz CT molecular complexity index is 416. The van der Waals surface area contributed by atoms with E-state index in [0.717, 1.165) is 24.2 Å². The summed E-state index contributed by atoms with van der Waals surface area (Å²) in [5, 5.41) is 9.22. The smallest absolute Gasteiger partial charge is 0.321 e. The number of likely N-dealkylation sites (N-methyl/N-ethyl adjacent to an activating group) is 1. The second-order valence-corrected chi connectivity index (χ2v) is 4.81. The molecule has 1 aromatic rings. The van der Waals surface area contributed by atoms with E-state index in [1.165, 1.54) is 0 Å². The molecule has 0 radical (unpaired) electrons. The number of rotatable bonds is 5. The van der Waals surface area contributed by atoms with Crippen molar-refractivity contribution < 1.29 is 9.90 Å². The SMILES string of the molecule is Cc1cccc(CN(C)C(C(=O)O)C2CC2)n1. The Balaban J connectivity index is 2.04. The van der Waals surface area contributed by atoms with E-state index in [4.69, 9.17) is 0 Å². The second kappa shape index (κ2) is 4.84. The highest BCUT2D eigenvalue weighted by atomic mass is 16.4. The Morgan fingerprint density at radius 2 is 2.29 bits per heavy atom. The van der Waals surface area contributed by atoms with Gasteiger partial charge < -0.3 is 5.11 Å². The van der Waals surface area contributed by atoms with Crippen LogP contribution in [-0.4, -0.2) is 34.0 Å². The van der Waals surface area contributed by atoms with Gasteiger partial charge in [-0.1, -0.05) is 6.07 Å². The third-order valence-corrected chi connectivity index (χ3v) is 3.15. The van der Waals surface area contributed by atoms with Crippen molar-refractivity contribution in [3.8, 4) is 0 Å². The summed E-state index contributed by atoms with van der Waals surface area (Å²) in [7, 11) is 1.86. The van der Waals surface area contributed by atoms with Crippen molar-refractivity contribution in [2.75, 3.05) is 7.05 Å². The Kier molecular flexibility index (Phi) is 3.43. The first-order valence-corrected chi connectivity index (χ1v) is 5.93. The summed E-state index contributed by atoms with van der Waals surface area (Å²) in [5.41, 5.74) is 1.90. The van der Waals surface area contributed by atoms with Crippen molar-refractivity contribution in [1.29, 1.82) is 0 Å². The van der Waals surface area contributed by atoms with Gasteiger partial charge in [0.1, 0.15) is 6.04 Å². The number of aryl methyl sites for hydroxylation is 1. The molecular weight excluding hydrogens is 216 g/mol. The summed E-state index contributed by atoms with van der Waals surface area (Å²) in [6, 6.07) is 5.48. The van der Waals surface area contributed by atoms with Crippen molar-refractivity contribution in [3.05, 3.63) is 29.6 Å². The third-order valence-electron chi connectivity index (χ3n) is 3.15. The molecule has 1 atom stereocenters. The van der Waals surface area contributed by atoms with Crippen molar-refractivity contribution >= 4 is 5.97 Å². The fourth-order valence-electron chi connectivity index (χ4n) is 2.20. The van der Waals surface area contributed by atoms with Crippen molar-refractivity contribution in [3.63, 3.8) is 0 Å². The van der Waals surface area contributed by atoms with E-state index in [9.17, 15) is 9.90 Å². The summed E-state index contributed by atoms with van der Waals surface area (Å²) in [4.78, 5) is 17.5. The zero-order valence-corrected chi connectivity index (χ0v) is 10.3. The summed E-state index contributed by atoms with van der Waals surface area (Å²) >= 11 is 0. The number of nitrogens with zero attached hydrogens (tertiary/aromatic N) is 2. The highest BCUT2D eigenvalue weighted by Gasteiger charge is 2.38. The zero-order chi connectivity index (χ0) is 12.4. The Hall–Kier alpha value is -1.42. The van der Waals surface area contributed by atoms with E-state index in [1.807, 2.05) is 37.1 Å². The Morgan fingerprint density at radius 1 is 1.59 bits per heavy atom. The number of aliphatic carboxylic acids is 1. The molecule has 1 heterocycles. The molecule has 1 aliphatic carbocycles. The molecule has 0 aliphatic heterocycles. The van der Waals surface area contributed by atoms with E-state index >= 15 is 0 Å². The summed E-state index contributed by atoms with van der Waals surface area (Å²) in [5.74, 6) is -0.398. The maximum atomic E-state index is 11.2. The first kappa shape index (κ1) is 12.0. The number of carboxylic acids is 1. The maximum absolute atomic E-state index is 11.2. The van der Waals surface area contributed by atoms with Gasteiger partial charge in [-0.15, -0.1) is 0 Å². The molecule has 0 spiro atoms. The standard InChI is InChI=1S/C13H18N2O2/c1-9-4-3-5-11(14-9)8-15(2)12(13(16)17)10-6-7-10/h3-5,10,12H,6-8H2,1-2H3,(H,16,17). The van der Waals surface area contributed by atoms with Crippen molar-refractivity contribution in [2.45, 2.75) is 32.4 Å². The second-order valence-electron chi connectivity index (χ2n) is 4.81. The molecule has 17 heavy (non-hydrogen) atoms. The maximum Gasteiger partial charge on any atom is 0.321 e. The van der Waals surface area contributed by atoms with E-state index in [2.05, 4.69) is 4.98 Å². The van der Waals surface area contributed by atoms with Crippen LogP contribution in [0.3, 0.4) is 0 Å². The van der Waals surface area contributed by atoms with Crippen LogP contribution in [0.4, 0.5) is 0 Å². The predicted molar refractivity (Wildman–Crippen MR) is 64.6 cm³/mol. The number of hydrogen-bond donors (Lipinski definition) is 1. The highest BCUT2D eigenvalue weighted by Crippen LogP contribution is 2.35. The average Bonchev–Trinajstić information content (AvgIpc) is 3.01. The van der Waals surface area contributed by atoms with Crippen molar-refractivity contribution in [2.24, 2.45) is 5.92 Å². The molecule has 92 valence electrons. The topological polar surface area (TPSA) is 53.4 Å². The van der Waals surface area contributed by atoms with Crippen LogP contribution < -0.4 is 0 Å². The van der Waals surface area contributed by atoms with Gasteiger partial charge in [0.25, 0.3) is 0 Å². The molecule has 0 aromatic carbocycles. The summed E-state index contributed by atoms with van der Waals surface area (Å²) in [6.07, 6.45) is 2.06. The van der Waals surface area contributed by atoms with E-state index < -0.39 is 5.97 Å². The number of hydrogen-bond acceptors (Lipinski definition) is 3. The van der Waals surface area contributed by atoms with Gasteiger partial charge in [-0.3, -0.25) is 14.7 Å². The summed E-state index contributed by atoms with van der Waals surface area (Å²) in [6.45, 7) is 2.54. The van der Waals surface area contributed by atoms with Crippen LogP contribution in [0.5, 0.6) is 0 Å². The predicted octanol–water partition coefficient (Wildman–Crippen LogP) is 1.69. The first-order valence-electron chi connectivity index (χ1n) is 5.93. The summed E-state index contributed by atoms with van der Waals surface area (Å²) < 4.78 is 0. The van der Waals surface area contributed by atoms with Gasteiger partial charge in [0, 0.05) is 12.2 Å². The first-order chi connectivity index (χ1) is 8.08. The molecule has 4 nitrogen and oxygen atoms in total. The van der Waals surface area contributed by atoms with Crippen LogP contribution in [0.2, 0.25) is 0 Å². The van der Waals surface area contributed by atoms with Crippen LogP contribution in [0.15, 0.2) is 18.2 Å². The molecule has 4 heteroatoms. The molecule has 1 unspecified atom stereocenters. The average molecular weight is 234 g/mol. The van der Waals surface area contributed by atoms with Gasteiger partial charge in [-0.05, 0) is 44.9 Å². The lowest BCUT2D eigenvalue weighted by molar-refractivity contribution is -0.143. The molecule has 2 rings (SSSR count). The van der Waals surface area contributed by atoms with Gasteiger partial charge in [-0.25, -0.2) is 0 Å². The third kappa shape index (κ3) is 3.03. The quantitative estimate of drug-likeness (QED) is 0.842. The lowest BCUT2D eigenvalue weighted by Gasteiger charge is -2.24. The molecule has 1 aromatic heterocycles. The Morgan fingerprint density at radius 3 is 2.82 bits per heavy atom. The molecule has 1 saturated carbocycles. The van der Waals surface area contributed by atoms with Crippen LogP contribution in [-0.2, 0) is 11.3 Å². The van der Waals surface area contributed by atoms with Gasteiger partial charge in [0.2, 0.25) is 0 Å². The lowest BCUT2D eigenvalue weighted by Crippen LogP contribution is -2.39. The molecule has 0 bridgehead atoms. The number of carbonyl (C=O) groups is 1. The Labute approximate surface area is 101 Å². The van der Waals surface area contributed by atoms with Crippen LogP contribution in [0, 0.1) is 12.8 Å². The fraction of sp³-hybridized carbons (Fsp3) is 0.538. The van der Waals surface area contributed by atoms with E-state index in [1.54, 1.807) is 0 Å². The molecule has 1 fully saturated rings. The fourth-order valence-corrected chi connectivity index (χ4v) is 2.20. The zero-order valence-electron chi connectivity index (χ0n) is 10.3. The number of pyridine rings is 1. The number of carboxylic acid groups (broad SMARTS) is 1. The van der Waals surface area contributed by atoms with Gasteiger partial charge in [0.05, 0.1) is 5.69 Å². The minimum absolute atomic E-state index is 0.322. The minimum atomic E-state index is -0.720. The molecule has 1 aliphatic rings. The van der Waals surface area contributed by atoms with Crippen LogP contribution in [0.25, 0.3) is 0 Å².